The summed E-state index contributed by atoms with van der Waals surface area (Å²) >= 11 is 3.20. The van der Waals surface area contributed by atoms with Crippen LogP contribution in [0.2, 0.25) is 0 Å². The zero-order chi connectivity index (χ0) is 26.9. The molecule has 4 aliphatic rings. The van der Waals surface area contributed by atoms with Crippen molar-refractivity contribution in [1.29, 1.82) is 0 Å². The summed E-state index contributed by atoms with van der Waals surface area (Å²) in [5.41, 5.74) is 1.74. The Hall–Kier alpha value is -3.85. The number of carbonyl (C=O) groups excluding carboxylic acids is 4. The normalized spacial score (nSPS) is 26.7. The first-order valence-electron chi connectivity index (χ1n) is 12.4. The standard InChI is InChI=1S/C29H22BrNO7/c30-20-12-21(32)25-19(27(20)36)11-18-15(23(25)16-6-5-13-3-1-2-4-14(13)26(16)35)7-8-17-24(18)29(38)31(28(17)37)10-9-22(33)34/h1-7,12,17-18,23-24,35H,8-11H2,(H,33,34)/t17-,18+,23+,24-/m0/s1. The van der Waals surface area contributed by atoms with Crippen LogP contribution in [0.1, 0.15) is 30.7 Å². The molecule has 6 rings (SSSR count). The lowest BCUT2D eigenvalue weighted by Gasteiger charge is -2.42. The van der Waals surface area contributed by atoms with Gasteiger partial charge in [0.15, 0.2) is 11.6 Å². The molecule has 2 amide bonds. The van der Waals surface area contributed by atoms with Crippen LogP contribution in [0, 0.1) is 17.8 Å². The average Bonchev–Trinajstić information content (AvgIpc) is 3.14. The van der Waals surface area contributed by atoms with Crippen molar-refractivity contribution in [2.24, 2.45) is 17.8 Å². The number of hydrogen-bond donors (Lipinski definition) is 2. The first-order valence-corrected chi connectivity index (χ1v) is 13.1. The van der Waals surface area contributed by atoms with Crippen molar-refractivity contribution in [3.63, 3.8) is 0 Å². The van der Waals surface area contributed by atoms with E-state index in [0.29, 0.717) is 10.9 Å². The summed E-state index contributed by atoms with van der Waals surface area (Å²) in [5.74, 6) is -5.43. The minimum Gasteiger partial charge on any atom is -0.507 e. The number of fused-ring (bicyclic) bond motifs is 4. The van der Waals surface area contributed by atoms with Crippen LogP contribution < -0.4 is 0 Å². The van der Waals surface area contributed by atoms with Gasteiger partial charge in [0.05, 0.1) is 22.7 Å². The Balaban J connectivity index is 1.51. The minimum absolute atomic E-state index is 0.00518. The molecule has 192 valence electrons. The van der Waals surface area contributed by atoms with Crippen molar-refractivity contribution in [3.8, 4) is 5.75 Å². The number of carboxylic acid groups (broad SMARTS) is 1. The molecule has 8 nitrogen and oxygen atoms in total. The number of imide groups is 1. The van der Waals surface area contributed by atoms with Gasteiger partial charge in [0.25, 0.3) is 0 Å². The molecular formula is C29H22BrNO7. The third-order valence-electron chi connectivity index (χ3n) is 8.21. The summed E-state index contributed by atoms with van der Waals surface area (Å²) in [6.07, 6.45) is 3.12. The van der Waals surface area contributed by atoms with Gasteiger partial charge in [-0.2, -0.15) is 0 Å². The van der Waals surface area contributed by atoms with E-state index in [2.05, 4.69) is 15.9 Å². The average molecular weight is 576 g/mol. The number of benzene rings is 2. The number of Topliss-reactive ketones (excluding diaryl/α,β-unsaturated/α-hetero) is 1. The number of carbonyl (C=O) groups is 5. The maximum absolute atomic E-state index is 13.5. The van der Waals surface area contributed by atoms with Crippen molar-refractivity contribution in [2.75, 3.05) is 6.54 Å². The van der Waals surface area contributed by atoms with E-state index in [0.717, 1.165) is 15.9 Å². The fraction of sp³-hybridized carbons (Fsp3) is 0.276. The molecule has 0 bridgehead atoms. The largest absolute Gasteiger partial charge is 0.507 e. The van der Waals surface area contributed by atoms with Gasteiger partial charge in [0, 0.05) is 40.6 Å². The van der Waals surface area contributed by atoms with Gasteiger partial charge in [-0.05, 0) is 40.1 Å². The fourth-order valence-electron chi connectivity index (χ4n) is 6.56. The lowest BCUT2D eigenvalue weighted by molar-refractivity contribution is -0.142. The minimum atomic E-state index is -1.11. The molecule has 0 spiro atoms. The number of nitrogens with zero attached hydrogens (tertiary/aromatic N) is 1. The highest BCUT2D eigenvalue weighted by Crippen LogP contribution is 2.56. The molecule has 0 aromatic heterocycles. The predicted octanol–water partition coefficient (Wildman–Crippen LogP) is 3.78. The molecule has 0 radical (unpaired) electrons. The van der Waals surface area contributed by atoms with Crippen molar-refractivity contribution in [2.45, 2.75) is 25.2 Å². The first-order chi connectivity index (χ1) is 18.2. The van der Waals surface area contributed by atoms with Crippen LogP contribution in [0.15, 0.2) is 69.8 Å². The van der Waals surface area contributed by atoms with Crippen molar-refractivity contribution >= 4 is 56.1 Å². The Kier molecular flexibility index (Phi) is 5.72. The molecule has 9 heteroatoms. The zero-order valence-corrected chi connectivity index (χ0v) is 21.6. The summed E-state index contributed by atoms with van der Waals surface area (Å²) < 4.78 is 0.124. The number of hydrogen-bond acceptors (Lipinski definition) is 6. The van der Waals surface area contributed by atoms with Gasteiger partial charge in [-0.1, -0.05) is 48.0 Å². The third kappa shape index (κ3) is 3.52. The lowest BCUT2D eigenvalue weighted by Crippen LogP contribution is -2.39. The Bertz CT molecular complexity index is 1580. The van der Waals surface area contributed by atoms with Crippen LogP contribution in [0.4, 0.5) is 0 Å². The summed E-state index contributed by atoms with van der Waals surface area (Å²) in [4.78, 5) is 65.5. The Morgan fingerprint density at radius 1 is 1.03 bits per heavy atom. The second kappa shape index (κ2) is 8.87. The first kappa shape index (κ1) is 24.5. The van der Waals surface area contributed by atoms with Crippen LogP contribution >= 0.6 is 15.9 Å². The van der Waals surface area contributed by atoms with E-state index >= 15 is 0 Å². The quantitative estimate of drug-likeness (QED) is 0.322. The molecule has 2 aromatic rings. The number of ketones is 2. The number of rotatable bonds is 4. The van der Waals surface area contributed by atoms with Crippen LogP contribution in [-0.2, 0) is 24.0 Å². The van der Waals surface area contributed by atoms with Crippen molar-refractivity contribution in [1.82, 2.24) is 4.90 Å². The molecule has 1 fully saturated rings. The molecule has 38 heavy (non-hydrogen) atoms. The number of phenols is 1. The zero-order valence-electron chi connectivity index (χ0n) is 20.0. The highest BCUT2D eigenvalue weighted by Gasteiger charge is 2.56. The maximum Gasteiger partial charge on any atom is 0.305 e. The summed E-state index contributed by atoms with van der Waals surface area (Å²) in [6, 6.07) is 10.9. The Morgan fingerprint density at radius 2 is 1.79 bits per heavy atom. The van der Waals surface area contributed by atoms with Gasteiger partial charge in [-0.3, -0.25) is 28.9 Å². The molecule has 2 aromatic carbocycles. The second-order valence-corrected chi connectivity index (χ2v) is 10.9. The Labute approximate surface area is 225 Å². The number of likely N-dealkylation sites (tertiary alicyclic amines) is 1. The third-order valence-corrected chi connectivity index (χ3v) is 8.80. The van der Waals surface area contributed by atoms with E-state index in [9.17, 15) is 29.1 Å². The molecule has 2 N–H and O–H groups in total. The van der Waals surface area contributed by atoms with E-state index in [4.69, 9.17) is 5.11 Å². The number of carboxylic acids is 1. The highest BCUT2D eigenvalue weighted by molar-refractivity contribution is 9.12. The number of halogens is 1. The van der Waals surface area contributed by atoms with E-state index in [1.54, 1.807) is 18.2 Å². The van der Waals surface area contributed by atoms with Gasteiger partial charge in [0.2, 0.25) is 11.8 Å². The Morgan fingerprint density at radius 3 is 2.55 bits per heavy atom. The summed E-state index contributed by atoms with van der Waals surface area (Å²) in [5, 5.41) is 21.9. The van der Waals surface area contributed by atoms with Gasteiger partial charge < -0.3 is 10.2 Å². The number of phenolic OH excluding ortho intramolecular Hbond substituents is 1. The predicted molar refractivity (Wildman–Crippen MR) is 139 cm³/mol. The van der Waals surface area contributed by atoms with E-state index in [-0.39, 0.29) is 58.8 Å². The van der Waals surface area contributed by atoms with Crippen LogP contribution in [-0.4, -0.2) is 51.0 Å². The molecule has 1 heterocycles. The molecule has 3 aliphatic carbocycles. The van der Waals surface area contributed by atoms with Gasteiger partial charge in [-0.15, -0.1) is 0 Å². The molecule has 1 aliphatic heterocycles. The van der Waals surface area contributed by atoms with E-state index in [1.165, 1.54) is 6.08 Å². The van der Waals surface area contributed by atoms with E-state index < -0.39 is 41.5 Å². The van der Waals surface area contributed by atoms with Crippen LogP contribution in [0.25, 0.3) is 10.8 Å². The number of allylic oxidation sites excluding steroid dienone is 6. The summed E-state index contributed by atoms with van der Waals surface area (Å²) in [7, 11) is 0. The van der Waals surface area contributed by atoms with E-state index in [1.807, 2.05) is 24.3 Å². The van der Waals surface area contributed by atoms with Crippen LogP contribution in [0.3, 0.4) is 0 Å². The SMILES string of the molecule is O=C(O)CCN1C(=O)[C@H]2[C@H](CC=C3[C@H](c4ccc5ccccc5c4O)C4=C(C[C@H]32)C(=O)C(Br)=CC4=O)C1=O. The molecule has 0 unspecified atom stereocenters. The molecule has 0 saturated carbocycles. The highest BCUT2D eigenvalue weighted by atomic mass is 79.9. The lowest BCUT2D eigenvalue weighted by atomic mass is 9.59. The fourth-order valence-corrected chi connectivity index (χ4v) is 7.01. The molecular weight excluding hydrogens is 554 g/mol. The number of aliphatic carboxylic acids is 1. The van der Waals surface area contributed by atoms with Crippen LogP contribution in [0.5, 0.6) is 5.75 Å². The molecule has 1 saturated heterocycles. The maximum atomic E-state index is 13.5. The number of amides is 2. The van der Waals surface area contributed by atoms with Gasteiger partial charge in [-0.25, -0.2) is 0 Å². The van der Waals surface area contributed by atoms with Gasteiger partial charge >= 0.3 is 5.97 Å². The van der Waals surface area contributed by atoms with Crippen molar-refractivity contribution < 1.29 is 34.2 Å². The summed E-state index contributed by atoms with van der Waals surface area (Å²) in [6.45, 7) is -0.212. The topological polar surface area (TPSA) is 129 Å². The second-order valence-electron chi connectivity index (χ2n) is 10.1. The number of aromatic hydroxyl groups is 1. The van der Waals surface area contributed by atoms with Crippen molar-refractivity contribution in [3.05, 3.63) is 75.3 Å². The monoisotopic (exact) mass is 575 g/mol. The molecule has 4 atom stereocenters. The smallest absolute Gasteiger partial charge is 0.305 e. The van der Waals surface area contributed by atoms with Gasteiger partial charge in [0.1, 0.15) is 5.75 Å².